The zero-order valence-electron chi connectivity index (χ0n) is 9.96. The van der Waals surface area contributed by atoms with E-state index in [0.717, 1.165) is 43.0 Å². The van der Waals surface area contributed by atoms with E-state index in [1.54, 1.807) is 11.3 Å². The lowest BCUT2D eigenvalue weighted by Gasteiger charge is -2.06. The molecule has 16 heavy (non-hydrogen) atoms. The van der Waals surface area contributed by atoms with Crippen molar-refractivity contribution in [3.63, 3.8) is 0 Å². The smallest absolute Gasteiger partial charge is 0.0931 e. The van der Waals surface area contributed by atoms with E-state index in [2.05, 4.69) is 25.2 Å². The third-order valence-electron chi connectivity index (χ3n) is 2.19. The normalized spacial score (nSPS) is 11.2. The van der Waals surface area contributed by atoms with E-state index in [4.69, 9.17) is 16.3 Å². The van der Waals surface area contributed by atoms with Crippen LogP contribution in [0.3, 0.4) is 0 Å². The van der Waals surface area contributed by atoms with Crippen LogP contribution in [0.1, 0.15) is 25.1 Å². The standard InChI is InChI=1S/C12H20ClNOS/c1-10(2)5-7-15-8-6-14-9-11-3-4-12(13)16-11/h3-4,10,14H,5-9H2,1-2H3. The van der Waals surface area contributed by atoms with Crippen molar-refractivity contribution in [3.8, 4) is 0 Å². The summed E-state index contributed by atoms with van der Waals surface area (Å²) in [4.78, 5) is 1.27. The Morgan fingerprint density at radius 3 is 2.81 bits per heavy atom. The van der Waals surface area contributed by atoms with Gasteiger partial charge in [-0.25, -0.2) is 0 Å². The average Bonchev–Trinajstić information content (AvgIpc) is 2.62. The Morgan fingerprint density at radius 1 is 1.38 bits per heavy atom. The molecule has 92 valence electrons. The molecule has 0 aromatic carbocycles. The molecule has 0 bridgehead atoms. The lowest BCUT2D eigenvalue weighted by molar-refractivity contribution is 0.125. The van der Waals surface area contributed by atoms with Gasteiger partial charge in [0.05, 0.1) is 10.9 Å². The van der Waals surface area contributed by atoms with Crippen LogP contribution in [0.5, 0.6) is 0 Å². The topological polar surface area (TPSA) is 21.3 Å². The van der Waals surface area contributed by atoms with Crippen LogP contribution in [0.4, 0.5) is 0 Å². The molecule has 1 aromatic heterocycles. The highest BCUT2D eigenvalue weighted by Crippen LogP contribution is 2.20. The van der Waals surface area contributed by atoms with Crippen molar-refractivity contribution in [2.75, 3.05) is 19.8 Å². The molecule has 1 heterocycles. The summed E-state index contributed by atoms with van der Waals surface area (Å²) < 4.78 is 6.35. The van der Waals surface area contributed by atoms with Gasteiger partial charge in [0.15, 0.2) is 0 Å². The van der Waals surface area contributed by atoms with E-state index >= 15 is 0 Å². The summed E-state index contributed by atoms with van der Waals surface area (Å²) in [6.07, 6.45) is 1.14. The highest BCUT2D eigenvalue weighted by Gasteiger charge is 1.97. The zero-order valence-corrected chi connectivity index (χ0v) is 11.5. The van der Waals surface area contributed by atoms with E-state index in [9.17, 15) is 0 Å². The second kappa shape index (κ2) is 8.07. The summed E-state index contributed by atoms with van der Waals surface area (Å²) in [5.74, 6) is 0.723. The zero-order chi connectivity index (χ0) is 11.8. The summed E-state index contributed by atoms with van der Waals surface area (Å²) >= 11 is 7.46. The Balaban J connectivity index is 1.92. The van der Waals surface area contributed by atoms with E-state index in [1.807, 2.05) is 6.07 Å². The Hall–Kier alpha value is -0.0900. The summed E-state index contributed by atoms with van der Waals surface area (Å²) in [6.45, 7) is 7.85. The van der Waals surface area contributed by atoms with E-state index in [0.29, 0.717) is 0 Å². The predicted molar refractivity (Wildman–Crippen MR) is 71.3 cm³/mol. The lowest BCUT2D eigenvalue weighted by atomic mass is 10.1. The lowest BCUT2D eigenvalue weighted by Crippen LogP contribution is -2.19. The van der Waals surface area contributed by atoms with Gasteiger partial charge in [0.1, 0.15) is 0 Å². The molecule has 0 unspecified atom stereocenters. The van der Waals surface area contributed by atoms with Gasteiger partial charge < -0.3 is 10.1 Å². The van der Waals surface area contributed by atoms with Crippen LogP contribution in [0.2, 0.25) is 4.34 Å². The number of ether oxygens (including phenoxy) is 1. The molecule has 0 saturated heterocycles. The Kier molecular flexibility index (Phi) is 7.05. The molecule has 0 radical (unpaired) electrons. The summed E-state index contributed by atoms with van der Waals surface area (Å²) in [7, 11) is 0. The van der Waals surface area contributed by atoms with Crippen molar-refractivity contribution in [1.29, 1.82) is 0 Å². The molecule has 0 saturated carbocycles. The Bertz CT molecular complexity index is 288. The van der Waals surface area contributed by atoms with Gasteiger partial charge in [0, 0.05) is 24.6 Å². The molecule has 0 aliphatic rings. The van der Waals surface area contributed by atoms with Crippen molar-refractivity contribution in [3.05, 3.63) is 21.3 Å². The second-order valence-electron chi connectivity index (χ2n) is 4.18. The fourth-order valence-electron chi connectivity index (χ4n) is 1.22. The first kappa shape index (κ1) is 14.0. The maximum atomic E-state index is 5.84. The van der Waals surface area contributed by atoms with Crippen molar-refractivity contribution < 1.29 is 4.74 Å². The van der Waals surface area contributed by atoms with Gasteiger partial charge in [-0.3, -0.25) is 0 Å². The van der Waals surface area contributed by atoms with Crippen LogP contribution in [0.25, 0.3) is 0 Å². The van der Waals surface area contributed by atoms with Crippen LogP contribution in [0, 0.1) is 5.92 Å². The number of hydrogen-bond acceptors (Lipinski definition) is 3. The first-order chi connectivity index (χ1) is 7.68. The molecule has 2 nitrogen and oxygen atoms in total. The summed E-state index contributed by atoms with van der Waals surface area (Å²) in [5.41, 5.74) is 0. The Labute approximate surface area is 107 Å². The van der Waals surface area contributed by atoms with E-state index in [1.165, 1.54) is 4.88 Å². The fraction of sp³-hybridized carbons (Fsp3) is 0.667. The molecule has 0 fully saturated rings. The van der Waals surface area contributed by atoms with Crippen LogP contribution < -0.4 is 5.32 Å². The summed E-state index contributed by atoms with van der Waals surface area (Å²) in [5, 5.41) is 3.33. The second-order valence-corrected chi connectivity index (χ2v) is 5.98. The quantitative estimate of drug-likeness (QED) is 0.723. The van der Waals surface area contributed by atoms with Gasteiger partial charge in [0.25, 0.3) is 0 Å². The molecular formula is C12H20ClNOS. The van der Waals surface area contributed by atoms with Gasteiger partial charge in [-0.1, -0.05) is 25.4 Å². The molecule has 0 amide bonds. The first-order valence-electron chi connectivity index (χ1n) is 5.71. The molecule has 0 spiro atoms. The van der Waals surface area contributed by atoms with Gasteiger partial charge >= 0.3 is 0 Å². The van der Waals surface area contributed by atoms with Gasteiger partial charge in [0.2, 0.25) is 0 Å². The predicted octanol–water partition coefficient (Wildman–Crippen LogP) is 3.55. The first-order valence-corrected chi connectivity index (χ1v) is 6.90. The van der Waals surface area contributed by atoms with Crippen molar-refractivity contribution in [1.82, 2.24) is 5.32 Å². The average molecular weight is 262 g/mol. The summed E-state index contributed by atoms with van der Waals surface area (Å²) in [6, 6.07) is 3.99. The highest BCUT2D eigenvalue weighted by molar-refractivity contribution is 7.16. The number of nitrogens with one attached hydrogen (secondary N) is 1. The van der Waals surface area contributed by atoms with Crippen molar-refractivity contribution in [2.45, 2.75) is 26.8 Å². The van der Waals surface area contributed by atoms with E-state index < -0.39 is 0 Å². The minimum absolute atomic E-state index is 0.723. The Morgan fingerprint density at radius 2 is 2.19 bits per heavy atom. The van der Waals surface area contributed by atoms with Crippen LogP contribution in [-0.2, 0) is 11.3 Å². The molecule has 4 heteroatoms. The number of thiophene rings is 1. The highest BCUT2D eigenvalue weighted by atomic mass is 35.5. The van der Waals surface area contributed by atoms with E-state index in [-0.39, 0.29) is 0 Å². The number of rotatable bonds is 8. The third kappa shape index (κ3) is 6.48. The van der Waals surface area contributed by atoms with Gasteiger partial charge in [-0.15, -0.1) is 11.3 Å². The molecular weight excluding hydrogens is 242 g/mol. The molecule has 1 N–H and O–H groups in total. The maximum absolute atomic E-state index is 5.84. The van der Waals surface area contributed by atoms with Crippen LogP contribution in [-0.4, -0.2) is 19.8 Å². The fourth-order valence-corrected chi connectivity index (χ4v) is 2.28. The number of hydrogen-bond donors (Lipinski definition) is 1. The number of halogens is 1. The largest absolute Gasteiger partial charge is 0.380 e. The third-order valence-corrected chi connectivity index (χ3v) is 3.42. The molecule has 1 rings (SSSR count). The molecule has 0 aliphatic heterocycles. The van der Waals surface area contributed by atoms with Crippen LogP contribution >= 0.6 is 22.9 Å². The SMILES string of the molecule is CC(C)CCOCCNCc1ccc(Cl)s1. The van der Waals surface area contributed by atoms with Crippen LogP contribution in [0.15, 0.2) is 12.1 Å². The monoisotopic (exact) mass is 261 g/mol. The minimum atomic E-state index is 0.723. The molecule has 0 atom stereocenters. The van der Waals surface area contributed by atoms with Crippen molar-refractivity contribution in [2.24, 2.45) is 5.92 Å². The van der Waals surface area contributed by atoms with Gasteiger partial charge in [-0.05, 0) is 24.5 Å². The maximum Gasteiger partial charge on any atom is 0.0931 e. The molecule has 0 aliphatic carbocycles. The minimum Gasteiger partial charge on any atom is -0.380 e. The van der Waals surface area contributed by atoms with Gasteiger partial charge in [-0.2, -0.15) is 0 Å². The molecule has 1 aromatic rings. The van der Waals surface area contributed by atoms with Crippen molar-refractivity contribution >= 4 is 22.9 Å².